The van der Waals surface area contributed by atoms with Gasteiger partial charge in [0.15, 0.2) is 0 Å². The molecule has 5 heteroatoms. The third kappa shape index (κ3) is 2.91. The molecule has 0 aliphatic carbocycles. The van der Waals surface area contributed by atoms with Crippen LogP contribution in [0.1, 0.15) is 15.2 Å². The van der Waals surface area contributed by atoms with Gasteiger partial charge in [-0.05, 0) is 34.1 Å². The lowest BCUT2D eigenvalue weighted by atomic mass is 10.1. The van der Waals surface area contributed by atoms with E-state index in [1.807, 2.05) is 23.6 Å². The molecule has 0 saturated heterocycles. The van der Waals surface area contributed by atoms with Crippen molar-refractivity contribution in [3.8, 4) is 0 Å². The molecule has 0 radical (unpaired) electrons. The third-order valence-electron chi connectivity index (χ3n) is 2.55. The summed E-state index contributed by atoms with van der Waals surface area (Å²) in [5.41, 5.74) is 6.87. The predicted octanol–water partition coefficient (Wildman–Crippen LogP) is 3.37. The second kappa shape index (κ2) is 5.54. The molecule has 2 rings (SSSR count). The highest BCUT2D eigenvalue weighted by molar-refractivity contribution is 9.10. The molecule has 0 unspecified atom stereocenters. The Balaban J connectivity index is 2.12. The van der Waals surface area contributed by atoms with Crippen LogP contribution in [0.15, 0.2) is 40.2 Å². The number of anilines is 1. The van der Waals surface area contributed by atoms with Crippen molar-refractivity contribution in [1.82, 2.24) is 4.90 Å². The molecule has 1 amide bonds. The summed E-state index contributed by atoms with van der Waals surface area (Å²) in [6.45, 7) is 0.587. The summed E-state index contributed by atoms with van der Waals surface area (Å²) in [7, 11) is 1.78. The van der Waals surface area contributed by atoms with Gasteiger partial charge >= 0.3 is 0 Å². The van der Waals surface area contributed by atoms with Gasteiger partial charge in [0.05, 0.1) is 12.1 Å². The first kappa shape index (κ1) is 13.1. The minimum absolute atomic E-state index is 0.0578. The Bertz CT molecular complexity index is 568. The minimum atomic E-state index is -0.0578. The normalized spacial score (nSPS) is 10.3. The Labute approximate surface area is 118 Å². The van der Waals surface area contributed by atoms with Crippen molar-refractivity contribution in [1.29, 1.82) is 0 Å². The van der Waals surface area contributed by atoms with Gasteiger partial charge < -0.3 is 10.6 Å². The molecule has 0 aliphatic heterocycles. The third-order valence-corrected chi connectivity index (χ3v) is 4.24. The molecule has 0 bridgehead atoms. The highest BCUT2D eigenvalue weighted by Gasteiger charge is 2.14. The van der Waals surface area contributed by atoms with E-state index in [1.54, 1.807) is 35.4 Å². The van der Waals surface area contributed by atoms with E-state index in [1.165, 1.54) is 0 Å². The Morgan fingerprint density at radius 1 is 1.44 bits per heavy atom. The van der Waals surface area contributed by atoms with Crippen LogP contribution in [0.25, 0.3) is 0 Å². The van der Waals surface area contributed by atoms with Crippen LogP contribution < -0.4 is 5.73 Å². The lowest BCUT2D eigenvalue weighted by molar-refractivity contribution is 0.0787. The molecule has 18 heavy (non-hydrogen) atoms. The van der Waals surface area contributed by atoms with E-state index in [-0.39, 0.29) is 5.91 Å². The Morgan fingerprint density at radius 3 is 2.78 bits per heavy atom. The topological polar surface area (TPSA) is 46.3 Å². The van der Waals surface area contributed by atoms with Gasteiger partial charge in [-0.25, -0.2) is 0 Å². The van der Waals surface area contributed by atoms with Crippen LogP contribution in [0.3, 0.4) is 0 Å². The summed E-state index contributed by atoms with van der Waals surface area (Å²) in [4.78, 5) is 15.0. The lowest BCUT2D eigenvalue weighted by Crippen LogP contribution is -2.26. The maximum Gasteiger partial charge on any atom is 0.256 e. The zero-order chi connectivity index (χ0) is 13.1. The SMILES string of the molecule is CN(Cc1cc(Br)cs1)C(=O)c1ccccc1N. The zero-order valence-electron chi connectivity index (χ0n) is 9.89. The standard InChI is InChI=1S/C13H13BrN2OS/c1-16(7-10-6-9(14)8-18-10)13(17)11-4-2-3-5-12(11)15/h2-6,8H,7,15H2,1H3. The number of carbonyl (C=O) groups excluding carboxylic acids is 1. The molecule has 94 valence electrons. The average molecular weight is 325 g/mol. The molecular weight excluding hydrogens is 312 g/mol. The molecule has 1 aromatic heterocycles. The van der Waals surface area contributed by atoms with E-state index < -0.39 is 0 Å². The average Bonchev–Trinajstić information content (AvgIpc) is 2.74. The smallest absolute Gasteiger partial charge is 0.256 e. The number of thiophene rings is 1. The summed E-state index contributed by atoms with van der Waals surface area (Å²) in [6.07, 6.45) is 0. The van der Waals surface area contributed by atoms with Crippen LogP contribution in [-0.2, 0) is 6.54 Å². The van der Waals surface area contributed by atoms with Crippen LogP contribution in [0, 0.1) is 0 Å². The van der Waals surface area contributed by atoms with Crippen LogP contribution >= 0.6 is 27.3 Å². The maximum atomic E-state index is 12.2. The van der Waals surface area contributed by atoms with E-state index >= 15 is 0 Å². The molecule has 0 fully saturated rings. The van der Waals surface area contributed by atoms with E-state index in [2.05, 4.69) is 15.9 Å². The summed E-state index contributed by atoms with van der Waals surface area (Å²) < 4.78 is 1.04. The summed E-state index contributed by atoms with van der Waals surface area (Å²) in [6, 6.07) is 9.14. The summed E-state index contributed by atoms with van der Waals surface area (Å²) >= 11 is 5.03. The fraction of sp³-hybridized carbons (Fsp3) is 0.154. The Morgan fingerprint density at radius 2 is 2.17 bits per heavy atom. The Kier molecular flexibility index (Phi) is 4.04. The number of nitrogens with two attached hydrogens (primary N) is 1. The van der Waals surface area contributed by atoms with Crippen LogP contribution in [0.2, 0.25) is 0 Å². The van der Waals surface area contributed by atoms with Crippen molar-refractivity contribution in [3.63, 3.8) is 0 Å². The number of amides is 1. The van der Waals surface area contributed by atoms with Crippen LogP contribution in [-0.4, -0.2) is 17.9 Å². The van der Waals surface area contributed by atoms with Gasteiger partial charge in [-0.15, -0.1) is 11.3 Å². The molecule has 2 aromatic rings. The predicted molar refractivity (Wildman–Crippen MR) is 78.7 cm³/mol. The summed E-state index contributed by atoms with van der Waals surface area (Å²) in [5.74, 6) is -0.0578. The molecule has 0 saturated carbocycles. The second-order valence-corrected chi connectivity index (χ2v) is 5.89. The molecule has 3 nitrogen and oxygen atoms in total. The van der Waals surface area contributed by atoms with Gasteiger partial charge in [-0.2, -0.15) is 0 Å². The minimum Gasteiger partial charge on any atom is -0.398 e. The van der Waals surface area contributed by atoms with Gasteiger partial charge in [0.25, 0.3) is 5.91 Å². The molecular formula is C13H13BrN2OS. The van der Waals surface area contributed by atoms with Gasteiger partial charge in [0.2, 0.25) is 0 Å². The number of halogens is 1. The van der Waals surface area contributed by atoms with Crippen molar-refractivity contribution in [2.24, 2.45) is 0 Å². The molecule has 2 N–H and O–H groups in total. The highest BCUT2D eigenvalue weighted by Crippen LogP contribution is 2.22. The van der Waals surface area contributed by atoms with Crippen LogP contribution in [0.4, 0.5) is 5.69 Å². The van der Waals surface area contributed by atoms with Crippen LogP contribution in [0.5, 0.6) is 0 Å². The van der Waals surface area contributed by atoms with E-state index in [0.29, 0.717) is 17.8 Å². The van der Waals surface area contributed by atoms with E-state index in [4.69, 9.17) is 5.73 Å². The number of benzene rings is 1. The number of para-hydroxylation sites is 1. The number of nitrogen functional groups attached to an aromatic ring is 1. The number of hydrogen-bond donors (Lipinski definition) is 1. The van der Waals surface area contributed by atoms with Crippen molar-refractivity contribution in [2.75, 3.05) is 12.8 Å². The van der Waals surface area contributed by atoms with Gasteiger partial charge in [0.1, 0.15) is 0 Å². The number of nitrogens with zero attached hydrogens (tertiary/aromatic N) is 1. The van der Waals surface area contributed by atoms with Gasteiger partial charge in [-0.1, -0.05) is 12.1 Å². The second-order valence-electron chi connectivity index (χ2n) is 3.98. The van der Waals surface area contributed by atoms with E-state index in [9.17, 15) is 4.79 Å². The van der Waals surface area contributed by atoms with E-state index in [0.717, 1.165) is 9.35 Å². The van der Waals surface area contributed by atoms with Crippen molar-refractivity contribution >= 4 is 38.9 Å². The lowest BCUT2D eigenvalue weighted by Gasteiger charge is -2.17. The van der Waals surface area contributed by atoms with Gasteiger partial charge in [-0.3, -0.25) is 4.79 Å². The van der Waals surface area contributed by atoms with Crippen molar-refractivity contribution in [3.05, 3.63) is 50.6 Å². The quantitative estimate of drug-likeness (QED) is 0.880. The molecule has 0 spiro atoms. The number of carbonyl (C=O) groups is 1. The van der Waals surface area contributed by atoms with Gasteiger partial charge in [0, 0.05) is 27.5 Å². The maximum absolute atomic E-state index is 12.2. The largest absolute Gasteiger partial charge is 0.398 e. The monoisotopic (exact) mass is 324 g/mol. The highest BCUT2D eigenvalue weighted by atomic mass is 79.9. The fourth-order valence-corrected chi connectivity index (χ4v) is 3.14. The summed E-state index contributed by atoms with van der Waals surface area (Å²) in [5, 5.41) is 2.00. The van der Waals surface area contributed by atoms with Crippen molar-refractivity contribution in [2.45, 2.75) is 6.54 Å². The molecule has 1 heterocycles. The molecule has 1 aromatic carbocycles. The first-order chi connectivity index (χ1) is 8.58. The first-order valence-corrected chi connectivity index (χ1v) is 7.08. The number of rotatable bonds is 3. The zero-order valence-corrected chi connectivity index (χ0v) is 12.3. The first-order valence-electron chi connectivity index (χ1n) is 5.41. The Hall–Kier alpha value is -1.33. The number of hydrogen-bond acceptors (Lipinski definition) is 3. The van der Waals surface area contributed by atoms with Crippen molar-refractivity contribution < 1.29 is 4.79 Å². The molecule has 0 atom stereocenters. The fourth-order valence-electron chi connectivity index (χ4n) is 1.64. The molecule has 0 aliphatic rings.